The third-order valence-corrected chi connectivity index (χ3v) is 4.23. The second-order valence-corrected chi connectivity index (χ2v) is 5.58. The number of azide groups is 1. The molecule has 5 heteroatoms. The Balaban J connectivity index is 1.95. The van der Waals surface area contributed by atoms with Crippen LogP contribution < -0.4 is 0 Å². The fourth-order valence-electron chi connectivity index (χ4n) is 3.07. The molecule has 1 aliphatic heterocycles. The predicted octanol–water partition coefficient (Wildman–Crippen LogP) is 4.75. The molecule has 4 nitrogen and oxygen atoms in total. The number of hydrogen-bond acceptors (Lipinski definition) is 2. The second-order valence-electron chi connectivity index (χ2n) is 5.58. The van der Waals surface area contributed by atoms with E-state index in [1.807, 2.05) is 18.2 Å². The lowest BCUT2D eigenvalue weighted by Crippen LogP contribution is -2.35. The number of fused-ring (bicyclic) bond motifs is 1. The van der Waals surface area contributed by atoms with Gasteiger partial charge in [-0.2, -0.15) is 0 Å². The van der Waals surface area contributed by atoms with E-state index >= 15 is 0 Å². The van der Waals surface area contributed by atoms with Crippen molar-refractivity contribution in [1.82, 2.24) is 4.90 Å². The fraction of sp³-hybridized carbons (Fsp3) is 0.294. The molecule has 112 valence electrons. The third-order valence-electron chi connectivity index (χ3n) is 4.23. The van der Waals surface area contributed by atoms with Crippen molar-refractivity contribution in [2.45, 2.75) is 25.6 Å². The molecular weight excluding hydrogens is 279 g/mol. The molecule has 1 aliphatic rings. The van der Waals surface area contributed by atoms with Crippen LogP contribution in [0.2, 0.25) is 0 Å². The maximum Gasteiger partial charge on any atom is 0.123 e. The quantitative estimate of drug-likeness (QED) is 0.458. The Morgan fingerprint density at radius 1 is 1.23 bits per heavy atom. The molecule has 2 aromatic rings. The Kier molecular flexibility index (Phi) is 4.09. The SMILES string of the molecule is CC1c2cc(F)ccc2C(N=[N+]=[N-])CN1Cc1ccccc1. The summed E-state index contributed by atoms with van der Waals surface area (Å²) < 4.78 is 13.6. The van der Waals surface area contributed by atoms with Crippen LogP contribution in [-0.2, 0) is 6.54 Å². The van der Waals surface area contributed by atoms with Gasteiger partial charge < -0.3 is 0 Å². The molecular formula is C17H17FN4. The average Bonchev–Trinajstić information content (AvgIpc) is 2.53. The highest BCUT2D eigenvalue weighted by Gasteiger charge is 2.30. The summed E-state index contributed by atoms with van der Waals surface area (Å²) in [6.07, 6.45) is 0. The van der Waals surface area contributed by atoms with E-state index in [0.717, 1.165) is 17.7 Å². The monoisotopic (exact) mass is 296 g/mol. The maximum absolute atomic E-state index is 13.6. The number of hydrogen-bond donors (Lipinski definition) is 0. The number of rotatable bonds is 3. The van der Waals surface area contributed by atoms with Crippen LogP contribution in [0.4, 0.5) is 4.39 Å². The second kappa shape index (κ2) is 6.18. The smallest absolute Gasteiger partial charge is 0.123 e. The van der Waals surface area contributed by atoms with Gasteiger partial charge in [0, 0.05) is 24.0 Å². The third kappa shape index (κ3) is 2.82. The minimum Gasteiger partial charge on any atom is -0.292 e. The summed E-state index contributed by atoms with van der Waals surface area (Å²) in [6, 6.07) is 14.6. The van der Waals surface area contributed by atoms with E-state index in [0.29, 0.717) is 6.54 Å². The van der Waals surface area contributed by atoms with E-state index in [2.05, 4.69) is 34.0 Å². The minimum absolute atomic E-state index is 0.0797. The summed E-state index contributed by atoms with van der Waals surface area (Å²) in [5.74, 6) is -0.258. The zero-order chi connectivity index (χ0) is 15.5. The molecule has 0 spiro atoms. The van der Waals surface area contributed by atoms with Crippen molar-refractivity contribution in [2.24, 2.45) is 5.11 Å². The van der Waals surface area contributed by atoms with Gasteiger partial charge in [-0.05, 0) is 41.3 Å². The largest absolute Gasteiger partial charge is 0.292 e. The van der Waals surface area contributed by atoms with E-state index < -0.39 is 0 Å². The van der Waals surface area contributed by atoms with Crippen LogP contribution in [0.3, 0.4) is 0 Å². The van der Waals surface area contributed by atoms with E-state index in [4.69, 9.17) is 5.53 Å². The van der Waals surface area contributed by atoms with Crippen molar-refractivity contribution < 1.29 is 4.39 Å². The highest BCUT2D eigenvalue weighted by Crippen LogP contribution is 2.37. The summed E-state index contributed by atoms with van der Waals surface area (Å²) in [6.45, 7) is 3.45. The molecule has 2 atom stereocenters. The van der Waals surface area contributed by atoms with E-state index in [1.54, 1.807) is 12.1 Å². The highest BCUT2D eigenvalue weighted by atomic mass is 19.1. The van der Waals surface area contributed by atoms with Gasteiger partial charge in [0.15, 0.2) is 0 Å². The van der Waals surface area contributed by atoms with Gasteiger partial charge in [-0.3, -0.25) is 4.90 Å². The Labute approximate surface area is 128 Å². The normalized spacial score (nSPS) is 21.0. The van der Waals surface area contributed by atoms with Gasteiger partial charge >= 0.3 is 0 Å². The molecule has 0 N–H and O–H groups in total. The van der Waals surface area contributed by atoms with Gasteiger partial charge in [-0.1, -0.05) is 41.5 Å². The zero-order valence-corrected chi connectivity index (χ0v) is 12.4. The van der Waals surface area contributed by atoms with Crippen molar-refractivity contribution in [1.29, 1.82) is 0 Å². The van der Waals surface area contributed by atoms with Gasteiger partial charge in [0.25, 0.3) is 0 Å². The summed E-state index contributed by atoms with van der Waals surface area (Å²) in [4.78, 5) is 5.17. The van der Waals surface area contributed by atoms with E-state index in [9.17, 15) is 4.39 Å². The van der Waals surface area contributed by atoms with Crippen LogP contribution in [0.15, 0.2) is 53.6 Å². The van der Waals surface area contributed by atoms with Crippen LogP contribution >= 0.6 is 0 Å². The fourth-order valence-corrected chi connectivity index (χ4v) is 3.07. The molecule has 0 aromatic heterocycles. The maximum atomic E-state index is 13.6. The molecule has 1 heterocycles. The lowest BCUT2D eigenvalue weighted by Gasteiger charge is -2.38. The molecule has 0 saturated heterocycles. The average molecular weight is 296 g/mol. The zero-order valence-electron chi connectivity index (χ0n) is 12.4. The topological polar surface area (TPSA) is 52.0 Å². The molecule has 0 radical (unpaired) electrons. The molecule has 0 bridgehead atoms. The van der Waals surface area contributed by atoms with Crippen molar-refractivity contribution in [3.8, 4) is 0 Å². The first-order valence-corrected chi connectivity index (χ1v) is 7.30. The molecule has 3 rings (SSSR count). The van der Waals surface area contributed by atoms with E-state index in [-0.39, 0.29) is 17.9 Å². The standard InChI is InChI=1S/C17H17FN4/c1-12-16-9-14(18)7-8-15(16)17(20-21-19)11-22(12)10-13-5-3-2-4-6-13/h2-9,12,17H,10-11H2,1H3. The first-order chi connectivity index (χ1) is 10.7. The molecule has 2 unspecified atom stereocenters. The highest BCUT2D eigenvalue weighted by molar-refractivity contribution is 5.36. The molecule has 0 saturated carbocycles. The van der Waals surface area contributed by atoms with Crippen molar-refractivity contribution in [3.63, 3.8) is 0 Å². The van der Waals surface area contributed by atoms with Crippen LogP contribution in [0.1, 0.15) is 35.7 Å². The first-order valence-electron chi connectivity index (χ1n) is 7.30. The van der Waals surface area contributed by atoms with Gasteiger partial charge in [0.1, 0.15) is 5.82 Å². The Bertz CT molecular complexity index is 710. The molecule has 22 heavy (non-hydrogen) atoms. The van der Waals surface area contributed by atoms with E-state index in [1.165, 1.54) is 11.6 Å². The van der Waals surface area contributed by atoms with Gasteiger partial charge in [-0.25, -0.2) is 4.39 Å². The molecule has 0 aliphatic carbocycles. The molecule has 0 fully saturated rings. The number of benzene rings is 2. The number of nitrogens with zero attached hydrogens (tertiary/aromatic N) is 4. The van der Waals surface area contributed by atoms with Crippen LogP contribution in [0, 0.1) is 5.82 Å². The Morgan fingerprint density at radius 2 is 2.00 bits per heavy atom. The lowest BCUT2D eigenvalue weighted by molar-refractivity contribution is 0.171. The summed E-state index contributed by atoms with van der Waals surface area (Å²) in [5.41, 5.74) is 11.8. The summed E-state index contributed by atoms with van der Waals surface area (Å²) in [7, 11) is 0. The summed E-state index contributed by atoms with van der Waals surface area (Å²) >= 11 is 0. The lowest BCUT2D eigenvalue weighted by atomic mass is 9.90. The van der Waals surface area contributed by atoms with Gasteiger partial charge in [0.2, 0.25) is 0 Å². The predicted molar refractivity (Wildman–Crippen MR) is 83.6 cm³/mol. The molecule has 0 amide bonds. The Morgan fingerprint density at radius 3 is 2.73 bits per heavy atom. The Hall–Kier alpha value is -2.36. The van der Waals surface area contributed by atoms with Crippen molar-refractivity contribution >= 4 is 0 Å². The van der Waals surface area contributed by atoms with Crippen LogP contribution in [0.25, 0.3) is 10.4 Å². The van der Waals surface area contributed by atoms with Gasteiger partial charge in [0.05, 0.1) is 6.04 Å². The molecule has 2 aromatic carbocycles. The van der Waals surface area contributed by atoms with Crippen molar-refractivity contribution in [3.05, 3.63) is 81.5 Å². The van der Waals surface area contributed by atoms with Crippen LogP contribution in [-0.4, -0.2) is 11.4 Å². The number of halogens is 1. The van der Waals surface area contributed by atoms with Crippen LogP contribution in [0.5, 0.6) is 0 Å². The summed E-state index contributed by atoms with van der Waals surface area (Å²) in [5, 5.41) is 3.90. The van der Waals surface area contributed by atoms with Crippen molar-refractivity contribution in [2.75, 3.05) is 6.54 Å². The first kappa shape index (κ1) is 14.6. The van der Waals surface area contributed by atoms with Gasteiger partial charge in [-0.15, -0.1) is 0 Å². The minimum atomic E-state index is -0.277.